The SMILES string of the molecule is CCOC(=O)c1ccc(-c2ccc(C=C(C#N)C(N)=O)o2)cc1. The summed E-state index contributed by atoms with van der Waals surface area (Å²) in [7, 11) is 0. The molecule has 6 heteroatoms. The van der Waals surface area contributed by atoms with Crippen molar-refractivity contribution < 1.29 is 18.7 Å². The van der Waals surface area contributed by atoms with Crippen LogP contribution in [-0.2, 0) is 9.53 Å². The van der Waals surface area contributed by atoms with E-state index in [4.69, 9.17) is 20.1 Å². The fraction of sp³-hybridized carbons (Fsp3) is 0.118. The highest BCUT2D eigenvalue weighted by Crippen LogP contribution is 2.24. The first-order valence-corrected chi connectivity index (χ1v) is 6.84. The van der Waals surface area contributed by atoms with E-state index in [2.05, 4.69) is 0 Å². The number of nitrogens with zero attached hydrogens (tertiary/aromatic N) is 1. The predicted molar refractivity (Wildman–Crippen MR) is 82.9 cm³/mol. The molecule has 1 heterocycles. The molecular weight excluding hydrogens is 296 g/mol. The smallest absolute Gasteiger partial charge is 0.338 e. The Hall–Kier alpha value is -3.33. The summed E-state index contributed by atoms with van der Waals surface area (Å²) in [6, 6.07) is 11.7. The molecule has 0 saturated heterocycles. The van der Waals surface area contributed by atoms with Crippen molar-refractivity contribution in [3.63, 3.8) is 0 Å². The Morgan fingerprint density at radius 3 is 2.52 bits per heavy atom. The highest BCUT2D eigenvalue weighted by Gasteiger charge is 2.09. The fourth-order valence-electron chi connectivity index (χ4n) is 1.87. The summed E-state index contributed by atoms with van der Waals surface area (Å²) >= 11 is 0. The topological polar surface area (TPSA) is 106 Å². The van der Waals surface area contributed by atoms with Gasteiger partial charge in [0.2, 0.25) is 0 Å². The maximum atomic E-state index is 11.6. The van der Waals surface area contributed by atoms with Gasteiger partial charge >= 0.3 is 5.97 Å². The molecule has 0 bridgehead atoms. The Balaban J connectivity index is 2.23. The third kappa shape index (κ3) is 3.86. The molecule has 0 aliphatic rings. The van der Waals surface area contributed by atoms with Crippen molar-refractivity contribution in [1.82, 2.24) is 0 Å². The number of furan rings is 1. The lowest BCUT2D eigenvalue weighted by molar-refractivity contribution is -0.114. The average molecular weight is 310 g/mol. The molecule has 2 aromatic rings. The molecule has 0 unspecified atom stereocenters. The largest absolute Gasteiger partial charge is 0.462 e. The van der Waals surface area contributed by atoms with Crippen molar-refractivity contribution in [2.24, 2.45) is 5.73 Å². The van der Waals surface area contributed by atoms with Gasteiger partial charge in [-0.25, -0.2) is 4.79 Å². The number of benzene rings is 1. The Labute approximate surface area is 132 Å². The van der Waals surface area contributed by atoms with E-state index in [1.807, 2.05) is 0 Å². The lowest BCUT2D eigenvalue weighted by atomic mass is 10.1. The van der Waals surface area contributed by atoms with E-state index < -0.39 is 5.91 Å². The van der Waals surface area contributed by atoms with Crippen molar-refractivity contribution in [2.45, 2.75) is 6.92 Å². The van der Waals surface area contributed by atoms with Gasteiger partial charge in [-0.2, -0.15) is 5.26 Å². The van der Waals surface area contributed by atoms with Gasteiger partial charge in [-0.3, -0.25) is 4.79 Å². The molecule has 0 aliphatic heterocycles. The van der Waals surface area contributed by atoms with Gasteiger partial charge in [0, 0.05) is 11.6 Å². The van der Waals surface area contributed by atoms with Crippen LogP contribution < -0.4 is 5.73 Å². The first-order chi connectivity index (χ1) is 11.0. The maximum Gasteiger partial charge on any atom is 0.338 e. The highest BCUT2D eigenvalue weighted by atomic mass is 16.5. The lowest BCUT2D eigenvalue weighted by Gasteiger charge is -2.02. The van der Waals surface area contributed by atoms with Crippen LogP contribution in [0.4, 0.5) is 0 Å². The van der Waals surface area contributed by atoms with Gasteiger partial charge < -0.3 is 14.9 Å². The molecule has 0 saturated carbocycles. The van der Waals surface area contributed by atoms with Crippen LogP contribution in [0.2, 0.25) is 0 Å². The number of nitrogens with two attached hydrogens (primary N) is 1. The Morgan fingerprint density at radius 1 is 1.26 bits per heavy atom. The summed E-state index contributed by atoms with van der Waals surface area (Å²) in [4.78, 5) is 22.6. The van der Waals surface area contributed by atoms with Crippen LogP contribution in [-0.4, -0.2) is 18.5 Å². The molecular formula is C17H14N2O4. The molecule has 6 nitrogen and oxygen atoms in total. The number of hydrogen-bond donors (Lipinski definition) is 1. The monoisotopic (exact) mass is 310 g/mol. The molecule has 1 aromatic heterocycles. The second kappa shape index (κ2) is 7.09. The molecule has 0 atom stereocenters. The number of rotatable bonds is 5. The molecule has 1 aromatic carbocycles. The van der Waals surface area contributed by atoms with E-state index in [0.717, 1.165) is 5.56 Å². The third-order valence-corrected chi connectivity index (χ3v) is 2.98. The number of nitriles is 1. The second-order valence-electron chi connectivity index (χ2n) is 4.53. The summed E-state index contributed by atoms with van der Waals surface area (Å²) in [6.07, 6.45) is 1.28. The zero-order chi connectivity index (χ0) is 16.8. The number of carbonyl (C=O) groups is 2. The summed E-state index contributed by atoms with van der Waals surface area (Å²) in [5.41, 5.74) is 6.07. The number of carbonyl (C=O) groups excluding carboxylic acids is 2. The first kappa shape index (κ1) is 16.0. The normalized spacial score (nSPS) is 10.9. The van der Waals surface area contributed by atoms with Crippen LogP contribution in [0, 0.1) is 11.3 Å². The standard InChI is InChI=1S/C17H14N2O4/c1-2-22-17(21)12-5-3-11(4-6-12)15-8-7-14(23-15)9-13(10-18)16(19)20/h3-9H,2H2,1H3,(H2,19,20). The zero-order valence-corrected chi connectivity index (χ0v) is 12.4. The van der Waals surface area contributed by atoms with Crippen LogP contribution in [0.3, 0.4) is 0 Å². The number of amides is 1. The van der Waals surface area contributed by atoms with Gasteiger partial charge in [-0.05, 0) is 31.2 Å². The van der Waals surface area contributed by atoms with Gasteiger partial charge in [0.1, 0.15) is 23.2 Å². The zero-order valence-electron chi connectivity index (χ0n) is 12.4. The van der Waals surface area contributed by atoms with Gasteiger partial charge in [0.15, 0.2) is 0 Å². The van der Waals surface area contributed by atoms with Crippen molar-refractivity contribution in [2.75, 3.05) is 6.61 Å². The van der Waals surface area contributed by atoms with Gasteiger partial charge in [-0.1, -0.05) is 12.1 Å². The average Bonchev–Trinajstić information content (AvgIpc) is 3.01. The fourth-order valence-corrected chi connectivity index (χ4v) is 1.87. The van der Waals surface area contributed by atoms with E-state index in [1.165, 1.54) is 6.08 Å². The molecule has 0 radical (unpaired) electrons. The van der Waals surface area contributed by atoms with Crippen LogP contribution in [0.1, 0.15) is 23.0 Å². The minimum Gasteiger partial charge on any atom is -0.462 e. The van der Waals surface area contributed by atoms with Crippen molar-refractivity contribution in [3.05, 3.63) is 53.3 Å². The highest BCUT2D eigenvalue weighted by molar-refractivity contribution is 6.00. The number of hydrogen-bond acceptors (Lipinski definition) is 5. The lowest BCUT2D eigenvalue weighted by Crippen LogP contribution is -2.12. The van der Waals surface area contributed by atoms with E-state index in [0.29, 0.717) is 23.7 Å². The number of esters is 1. The molecule has 0 spiro atoms. The summed E-state index contributed by atoms with van der Waals surface area (Å²) in [6.45, 7) is 2.06. The van der Waals surface area contributed by atoms with Crippen LogP contribution >= 0.6 is 0 Å². The van der Waals surface area contributed by atoms with E-state index in [9.17, 15) is 9.59 Å². The molecule has 0 fully saturated rings. The minimum atomic E-state index is -0.816. The van der Waals surface area contributed by atoms with Gasteiger partial charge in [0.25, 0.3) is 5.91 Å². The number of ether oxygens (including phenoxy) is 1. The predicted octanol–water partition coefficient (Wildman–Crippen LogP) is 2.52. The second-order valence-corrected chi connectivity index (χ2v) is 4.53. The third-order valence-electron chi connectivity index (χ3n) is 2.98. The molecule has 2 rings (SSSR count). The van der Waals surface area contributed by atoms with E-state index in [1.54, 1.807) is 49.4 Å². The van der Waals surface area contributed by atoms with Crippen molar-refractivity contribution in [3.8, 4) is 17.4 Å². The Morgan fingerprint density at radius 2 is 1.96 bits per heavy atom. The number of primary amides is 1. The van der Waals surface area contributed by atoms with Gasteiger partial charge in [-0.15, -0.1) is 0 Å². The van der Waals surface area contributed by atoms with Crippen LogP contribution in [0.15, 0.2) is 46.4 Å². The first-order valence-electron chi connectivity index (χ1n) is 6.84. The Kier molecular flexibility index (Phi) is 4.95. The molecule has 1 amide bonds. The molecule has 116 valence electrons. The van der Waals surface area contributed by atoms with Crippen molar-refractivity contribution >= 4 is 18.0 Å². The van der Waals surface area contributed by atoms with E-state index in [-0.39, 0.29) is 11.5 Å². The summed E-state index contributed by atoms with van der Waals surface area (Å²) < 4.78 is 10.5. The summed E-state index contributed by atoms with van der Waals surface area (Å²) in [5.74, 6) is -0.329. The maximum absolute atomic E-state index is 11.6. The molecule has 0 aliphatic carbocycles. The van der Waals surface area contributed by atoms with Crippen LogP contribution in [0.25, 0.3) is 17.4 Å². The summed E-state index contributed by atoms with van der Waals surface area (Å²) in [5, 5.41) is 8.80. The van der Waals surface area contributed by atoms with E-state index >= 15 is 0 Å². The molecule has 2 N–H and O–H groups in total. The van der Waals surface area contributed by atoms with Crippen LogP contribution in [0.5, 0.6) is 0 Å². The minimum absolute atomic E-state index is 0.191. The van der Waals surface area contributed by atoms with Gasteiger partial charge in [0.05, 0.1) is 12.2 Å². The van der Waals surface area contributed by atoms with Crippen molar-refractivity contribution in [1.29, 1.82) is 5.26 Å². The molecule has 23 heavy (non-hydrogen) atoms. The Bertz CT molecular complexity index is 795. The quantitative estimate of drug-likeness (QED) is 0.519.